The molecule has 5 nitrogen and oxygen atoms in total. The van der Waals surface area contributed by atoms with Crippen molar-refractivity contribution in [3.05, 3.63) is 17.7 Å². The average molecular weight is 194 g/mol. The minimum atomic E-state index is -0.528. The summed E-state index contributed by atoms with van der Waals surface area (Å²) in [5.74, 6) is -1.27. The van der Waals surface area contributed by atoms with Crippen LogP contribution in [0.1, 0.15) is 10.4 Å². The van der Waals surface area contributed by atoms with Crippen molar-refractivity contribution in [3.8, 4) is 17.4 Å². The minimum absolute atomic E-state index is 0.0460. The summed E-state index contributed by atoms with van der Waals surface area (Å²) in [4.78, 5) is 10.5. The second-order valence-corrected chi connectivity index (χ2v) is 2.78. The van der Waals surface area contributed by atoms with Gasteiger partial charge in [0.1, 0.15) is 11.1 Å². The van der Waals surface area contributed by atoms with Crippen LogP contribution in [0.4, 0.5) is 0 Å². The standard InChI is InChI=1S/C9H6O5/c10-3-5-4-1-6(11)7(12)2-8(4)14-9(5)13/h1-3,11-13H. The van der Waals surface area contributed by atoms with Crippen LogP contribution in [0, 0.1) is 0 Å². The number of furan rings is 1. The van der Waals surface area contributed by atoms with E-state index in [1.807, 2.05) is 0 Å². The van der Waals surface area contributed by atoms with Crippen LogP contribution in [0.25, 0.3) is 11.0 Å². The van der Waals surface area contributed by atoms with Crippen molar-refractivity contribution in [3.63, 3.8) is 0 Å². The second kappa shape index (κ2) is 2.66. The molecule has 3 N–H and O–H groups in total. The lowest BCUT2D eigenvalue weighted by atomic mass is 10.1. The fraction of sp³-hybridized carbons (Fsp3) is 0. The molecular formula is C9H6O5. The van der Waals surface area contributed by atoms with Crippen molar-refractivity contribution in [2.75, 3.05) is 0 Å². The van der Waals surface area contributed by atoms with Crippen LogP contribution in [0.2, 0.25) is 0 Å². The van der Waals surface area contributed by atoms with Crippen molar-refractivity contribution in [1.82, 2.24) is 0 Å². The van der Waals surface area contributed by atoms with Gasteiger partial charge in [-0.15, -0.1) is 0 Å². The van der Waals surface area contributed by atoms with E-state index < -0.39 is 5.95 Å². The number of phenols is 2. The highest BCUT2D eigenvalue weighted by Gasteiger charge is 2.15. The molecular weight excluding hydrogens is 188 g/mol. The molecule has 1 aromatic carbocycles. The molecule has 0 atom stereocenters. The number of carbonyl (C=O) groups excluding carboxylic acids is 1. The highest BCUT2D eigenvalue weighted by atomic mass is 16.5. The Kier molecular flexibility index (Phi) is 1.60. The minimum Gasteiger partial charge on any atom is -0.504 e. The van der Waals surface area contributed by atoms with E-state index in [9.17, 15) is 4.79 Å². The molecule has 1 heterocycles. The topological polar surface area (TPSA) is 90.9 Å². The smallest absolute Gasteiger partial charge is 0.293 e. The Balaban J connectivity index is 2.89. The third-order valence-corrected chi connectivity index (χ3v) is 1.92. The molecule has 14 heavy (non-hydrogen) atoms. The summed E-state index contributed by atoms with van der Waals surface area (Å²) in [6.45, 7) is 0. The van der Waals surface area contributed by atoms with Gasteiger partial charge in [-0.25, -0.2) is 0 Å². The van der Waals surface area contributed by atoms with Crippen molar-refractivity contribution < 1.29 is 24.5 Å². The summed E-state index contributed by atoms with van der Waals surface area (Å²) >= 11 is 0. The molecule has 0 saturated carbocycles. The maximum absolute atomic E-state index is 10.5. The Morgan fingerprint density at radius 2 is 1.79 bits per heavy atom. The summed E-state index contributed by atoms with van der Waals surface area (Å²) in [7, 11) is 0. The van der Waals surface area contributed by atoms with Gasteiger partial charge in [-0.05, 0) is 6.07 Å². The van der Waals surface area contributed by atoms with Crippen LogP contribution in [-0.4, -0.2) is 21.6 Å². The highest BCUT2D eigenvalue weighted by Crippen LogP contribution is 2.36. The first-order valence-electron chi connectivity index (χ1n) is 3.76. The number of benzene rings is 1. The molecule has 0 spiro atoms. The first kappa shape index (κ1) is 8.43. The molecule has 72 valence electrons. The average Bonchev–Trinajstić information content (AvgIpc) is 2.42. The maximum Gasteiger partial charge on any atom is 0.293 e. The quantitative estimate of drug-likeness (QED) is 0.471. The number of hydrogen-bond acceptors (Lipinski definition) is 5. The summed E-state index contributed by atoms with van der Waals surface area (Å²) in [6.07, 6.45) is 0.414. The lowest BCUT2D eigenvalue weighted by Crippen LogP contribution is -1.76. The molecule has 2 rings (SSSR count). The molecule has 0 amide bonds. The molecule has 0 bridgehead atoms. The van der Waals surface area contributed by atoms with Gasteiger partial charge in [0.2, 0.25) is 0 Å². The normalized spacial score (nSPS) is 10.6. The van der Waals surface area contributed by atoms with E-state index in [-0.39, 0.29) is 28.0 Å². The molecule has 0 aliphatic carbocycles. The van der Waals surface area contributed by atoms with E-state index in [0.717, 1.165) is 12.1 Å². The number of phenolic OH excluding ortho intramolecular Hbond substituents is 2. The van der Waals surface area contributed by atoms with Gasteiger partial charge in [0.15, 0.2) is 17.8 Å². The zero-order chi connectivity index (χ0) is 10.3. The largest absolute Gasteiger partial charge is 0.504 e. The first-order chi connectivity index (χ1) is 6.63. The summed E-state index contributed by atoms with van der Waals surface area (Å²) in [5.41, 5.74) is 0.0928. The van der Waals surface area contributed by atoms with Crippen LogP contribution in [-0.2, 0) is 0 Å². The van der Waals surface area contributed by atoms with Gasteiger partial charge in [-0.2, -0.15) is 0 Å². The van der Waals surface area contributed by atoms with Crippen LogP contribution in [0.15, 0.2) is 16.5 Å². The number of aromatic hydroxyl groups is 3. The molecule has 0 aliphatic rings. The van der Waals surface area contributed by atoms with E-state index in [4.69, 9.17) is 19.7 Å². The summed E-state index contributed by atoms with van der Waals surface area (Å²) in [6, 6.07) is 2.27. The Morgan fingerprint density at radius 3 is 2.43 bits per heavy atom. The van der Waals surface area contributed by atoms with Gasteiger partial charge in [0.25, 0.3) is 5.95 Å². The zero-order valence-corrected chi connectivity index (χ0v) is 6.89. The summed E-state index contributed by atoms with van der Waals surface area (Å²) in [5, 5.41) is 27.7. The zero-order valence-electron chi connectivity index (χ0n) is 6.89. The van der Waals surface area contributed by atoms with Gasteiger partial charge in [-0.3, -0.25) is 4.79 Å². The summed E-state index contributed by atoms with van der Waals surface area (Å²) < 4.78 is 4.78. The first-order valence-corrected chi connectivity index (χ1v) is 3.76. The lowest BCUT2D eigenvalue weighted by molar-refractivity contribution is 0.112. The molecule has 0 radical (unpaired) electrons. The van der Waals surface area contributed by atoms with Crippen molar-refractivity contribution >= 4 is 17.3 Å². The van der Waals surface area contributed by atoms with E-state index in [1.165, 1.54) is 0 Å². The second-order valence-electron chi connectivity index (χ2n) is 2.78. The van der Waals surface area contributed by atoms with Crippen molar-refractivity contribution in [1.29, 1.82) is 0 Å². The fourth-order valence-electron chi connectivity index (χ4n) is 1.24. The predicted molar refractivity (Wildman–Crippen MR) is 46.6 cm³/mol. The van der Waals surface area contributed by atoms with E-state index in [2.05, 4.69) is 0 Å². The van der Waals surface area contributed by atoms with Crippen LogP contribution >= 0.6 is 0 Å². The molecule has 0 fully saturated rings. The monoisotopic (exact) mass is 194 g/mol. The third-order valence-electron chi connectivity index (χ3n) is 1.92. The predicted octanol–water partition coefficient (Wildman–Crippen LogP) is 1.36. The lowest BCUT2D eigenvalue weighted by Gasteiger charge is -1.95. The van der Waals surface area contributed by atoms with Crippen LogP contribution in [0.5, 0.6) is 17.4 Å². The molecule has 0 saturated heterocycles. The molecule has 2 aromatic rings. The van der Waals surface area contributed by atoms with Gasteiger partial charge in [-0.1, -0.05) is 0 Å². The molecule has 1 aromatic heterocycles. The Morgan fingerprint density at radius 1 is 1.14 bits per heavy atom. The van der Waals surface area contributed by atoms with Crippen molar-refractivity contribution in [2.24, 2.45) is 0 Å². The van der Waals surface area contributed by atoms with Gasteiger partial charge in [0, 0.05) is 11.5 Å². The highest BCUT2D eigenvalue weighted by molar-refractivity contribution is 5.99. The van der Waals surface area contributed by atoms with Crippen molar-refractivity contribution in [2.45, 2.75) is 0 Å². The van der Waals surface area contributed by atoms with Crippen LogP contribution < -0.4 is 0 Å². The van der Waals surface area contributed by atoms with Gasteiger partial charge >= 0.3 is 0 Å². The molecule has 0 unspecified atom stereocenters. The fourth-order valence-corrected chi connectivity index (χ4v) is 1.24. The van der Waals surface area contributed by atoms with E-state index in [0.29, 0.717) is 6.29 Å². The Labute approximate surface area is 77.8 Å². The number of carbonyl (C=O) groups is 1. The van der Waals surface area contributed by atoms with Gasteiger partial charge < -0.3 is 19.7 Å². The van der Waals surface area contributed by atoms with Crippen LogP contribution in [0.3, 0.4) is 0 Å². The Hall–Kier alpha value is -2.17. The third kappa shape index (κ3) is 0.990. The number of fused-ring (bicyclic) bond motifs is 1. The number of hydrogen-bond donors (Lipinski definition) is 3. The number of aldehydes is 1. The van der Waals surface area contributed by atoms with E-state index in [1.54, 1.807) is 0 Å². The van der Waals surface area contributed by atoms with Gasteiger partial charge in [0.05, 0.1) is 0 Å². The maximum atomic E-state index is 10.5. The SMILES string of the molecule is O=Cc1c(O)oc2cc(O)c(O)cc12. The molecule has 0 aliphatic heterocycles. The Bertz CT molecular complexity index is 511. The molecule has 5 heteroatoms. The number of rotatable bonds is 1. The van der Waals surface area contributed by atoms with E-state index >= 15 is 0 Å².